The second kappa shape index (κ2) is 7.84. The van der Waals surface area contributed by atoms with Crippen molar-refractivity contribution >= 4 is 18.2 Å². The van der Waals surface area contributed by atoms with Crippen LogP contribution in [0.4, 0.5) is 0 Å². The molecule has 0 aromatic heterocycles. The first-order chi connectivity index (χ1) is 8.69. The Hall–Kier alpha value is -1.39. The first-order valence-corrected chi connectivity index (χ1v) is 6.37. The summed E-state index contributed by atoms with van der Waals surface area (Å²) in [4.78, 5) is 32.9. The number of carbonyl (C=O) groups excluding carboxylic acids is 3. The Balaban J connectivity index is 2.08. The fourth-order valence-electron chi connectivity index (χ4n) is 2.13. The van der Waals surface area contributed by atoms with Crippen molar-refractivity contribution in [2.24, 2.45) is 11.8 Å². The van der Waals surface area contributed by atoms with Gasteiger partial charge in [-0.1, -0.05) is 19.3 Å². The van der Waals surface area contributed by atoms with Crippen molar-refractivity contribution in [3.8, 4) is 0 Å². The van der Waals surface area contributed by atoms with Gasteiger partial charge in [-0.2, -0.15) is 0 Å². The van der Waals surface area contributed by atoms with Gasteiger partial charge in [0.2, 0.25) is 0 Å². The van der Waals surface area contributed by atoms with E-state index in [1.54, 1.807) is 0 Å². The standard InChI is InChI=1S/C13H20O5/c1-17-12(15)7-5-3-2-4-6-11-10(8-14)9-18-13(11)16/h8,10-11H,2-7,9H2,1H3/t10-,11+/m0/s1. The molecule has 1 saturated heterocycles. The normalized spacial score (nSPS) is 22.6. The van der Waals surface area contributed by atoms with E-state index in [0.29, 0.717) is 12.8 Å². The summed E-state index contributed by atoms with van der Waals surface area (Å²) >= 11 is 0. The minimum absolute atomic E-state index is 0.185. The molecule has 0 aromatic carbocycles. The average Bonchev–Trinajstić information content (AvgIpc) is 2.74. The second-order valence-electron chi connectivity index (χ2n) is 4.57. The molecule has 0 spiro atoms. The maximum absolute atomic E-state index is 11.3. The maximum atomic E-state index is 11.3. The van der Waals surface area contributed by atoms with Crippen LogP contribution >= 0.6 is 0 Å². The van der Waals surface area contributed by atoms with Crippen LogP contribution in [0, 0.1) is 11.8 Å². The third kappa shape index (κ3) is 4.47. The number of ether oxygens (including phenoxy) is 2. The van der Waals surface area contributed by atoms with Gasteiger partial charge >= 0.3 is 11.9 Å². The van der Waals surface area contributed by atoms with Gasteiger partial charge in [0.25, 0.3) is 0 Å². The Kier molecular flexibility index (Phi) is 6.39. The number of unbranched alkanes of at least 4 members (excludes halogenated alkanes) is 3. The molecule has 0 radical (unpaired) electrons. The number of cyclic esters (lactones) is 1. The predicted octanol–water partition coefficient (Wildman–Crippen LogP) is 1.49. The molecule has 1 aliphatic rings. The molecule has 0 bridgehead atoms. The fourth-order valence-corrected chi connectivity index (χ4v) is 2.13. The number of methoxy groups -OCH3 is 1. The van der Waals surface area contributed by atoms with Crippen molar-refractivity contribution in [1.82, 2.24) is 0 Å². The zero-order chi connectivity index (χ0) is 13.4. The van der Waals surface area contributed by atoms with Crippen LogP contribution in [0.1, 0.15) is 38.5 Å². The summed E-state index contributed by atoms with van der Waals surface area (Å²) in [5.41, 5.74) is 0. The summed E-state index contributed by atoms with van der Waals surface area (Å²) in [6, 6.07) is 0. The van der Waals surface area contributed by atoms with Crippen LogP contribution in [0.2, 0.25) is 0 Å². The summed E-state index contributed by atoms with van der Waals surface area (Å²) in [5.74, 6) is -0.965. The van der Waals surface area contributed by atoms with E-state index in [-0.39, 0.29) is 30.4 Å². The topological polar surface area (TPSA) is 69.7 Å². The molecular formula is C13H20O5. The highest BCUT2D eigenvalue weighted by Gasteiger charge is 2.35. The Labute approximate surface area is 107 Å². The summed E-state index contributed by atoms with van der Waals surface area (Å²) in [6.45, 7) is 0.231. The maximum Gasteiger partial charge on any atom is 0.309 e. The molecule has 2 atom stereocenters. The highest BCUT2D eigenvalue weighted by Crippen LogP contribution is 2.26. The van der Waals surface area contributed by atoms with Crippen molar-refractivity contribution in [2.75, 3.05) is 13.7 Å². The van der Waals surface area contributed by atoms with Crippen molar-refractivity contribution in [3.05, 3.63) is 0 Å². The van der Waals surface area contributed by atoms with Crippen molar-refractivity contribution in [3.63, 3.8) is 0 Å². The number of hydrogen-bond acceptors (Lipinski definition) is 5. The lowest BCUT2D eigenvalue weighted by molar-refractivity contribution is -0.142. The van der Waals surface area contributed by atoms with Gasteiger partial charge in [0.1, 0.15) is 12.9 Å². The molecule has 0 aromatic rings. The highest BCUT2D eigenvalue weighted by atomic mass is 16.5. The van der Waals surface area contributed by atoms with Gasteiger partial charge in [-0.3, -0.25) is 9.59 Å². The zero-order valence-corrected chi connectivity index (χ0v) is 10.7. The van der Waals surface area contributed by atoms with Crippen LogP contribution < -0.4 is 0 Å². The SMILES string of the molecule is COC(=O)CCCCCC[C@H]1C(=O)OC[C@@H]1C=O. The number of rotatable bonds is 8. The van der Waals surface area contributed by atoms with Crippen LogP contribution in [0.3, 0.4) is 0 Å². The van der Waals surface area contributed by atoms with E-state index in [9.17, 15) is 14.4 Å². The molecule has 0 aliphatic carbocycles. The molecule has 102 valence electrons. The van der Waals surface area contributed by atoms with E-state index < -0.39 is 0 Å². The summed E-state index contributed by atoms with van der Waals surface area (Å²) < 4.78 is 9.40. The van der Waals surface area contributed by atoms with Gasteiger partial charge in [-0.15, -0.1) is 0 Å². The zero-order valence-electron chi connectivity index (χ0n) is 10.7. The van der Waals surface area contributed by atoms with Crippen LogP contribution in [-0.2, 0) is 23.9 Å². The Bertz CT molecular complexity index is 300. The molecular weight excluding hydrogens is 236 g/mol. The third-order valence-electron chi connectivity index (χ3n) is 3.29. The van der Waals surface area contributed by atoms with Crippen molar-refractivity contribution in [1.29, 1.82) is 0 Å². The summed E-state index contributed by atoms with van der Waals surface area (Å²) in [6.07, 6.45) is 5.52. The molecule has 0 N–H and O–H groups in total. The monoisotopic (exact) mass is 256 g/mol. The van der Waals surface area contributed by atoms with Gasteiger partial charge < -0.3 is 14.3 Å². The van der Waals surface area contributed by atoms with E-state index in [0.717, 1.165) is 32.0 Å². The number of hydrogen-bond donors (Lipinski definition) is 0. The molecule has 5 nitrogen and oxygen atoms in total. The summed E-state index contributed by atoms with van der Waals surface area (Å²) in [7, 11) is 1.38. The average molecular weight is 256 g/mol. The first-order valence-electron chi connectivity index (χ1n) is 6.37. The summed E-state index contributed by atoms with van der Waals surface area (Å²) in [5, 5.41) is 0. The second-order valence-corrected chi connectivity index (χ2v) is 4.57. The van der Waals surface area contributed by atoms with Gasteiger partial charge in [-0.05, 0) is 12.8 Å². The quantitative estimate of drug-likeness (QED) is 0.374. The van der Waals surface area contributed by atoms with E-state index in [4.69, 9.17) is 4.74 Å². The number of carbonyl (C=O) groups is 3. The van der Waals surface area contributed by atoms with Gasteiger partial charge in [0.15, 0.2) is 0 Å². The van der Waals surface area contributed by atoms with E-state index in [1.165, 1.54) is 7.11 Å². The molecule has 0 amide bonds. The van der Waals surface area contributed by atoms with Crippen molar-refractivity contribution < 1.29 is 23.9 Å². The molecule has 5 heteroatoms. The molecule has 1 aliphatic heterocycles. The minimum Gasteiger partial charge on any atom is -0.469 e. The molecule has 1 fully saturated rings. The van der Waals surface area contributed by atoms with Crippen LogP contribution in [0.5, 0.6) is 0 Å². The van der Waals surface area contributed by atoms with Crippen molar-refractivity contribution in [2.45, 2.75) is 38.5 Å². The van der Waals surface area contributed by atoms with Crippen LogP contribution in [-0.4, -0.2) is 31.9 Å². The minimum atomic E-state index is -0.271. The fraction of sp³-hybridized carbons (Fsp3) is 0.769. The Morgan fingerprint density at radius 3 is 2.78 bits per heavy atom. The lowest BCUT2D eigenvalue weighted by Crippen LogP contribution is -2.16. The predicted molar refractivity (Wildman–Crippen MR) is 63.7 cm³/mol. The van der Waals surface area contributed by atoms with Gasteiger partial charge in [0, 0.05) is 6.42 Å². The van der Waals surface area contributed by atoms with E-state index in [2.05, 4.69) is 4.74 Å². The highest BCUT2D eigenvalue weighted by molar-refractivity contribution is 5.79. The molecule has 0 saturated carbocycles. The first kappa shape index (κ1) is 14.7. The van der Waals surface area contributed by atoms with Crippen LogP contribution in [0.15, 0.2) is 0 Å². The molecule has 18 heavy (non-hydrogen) atoms. The van der Waals surface area contributed by atoms with E-state index >= 15 is 0 Å². The smallest absolute Gasteiger partial charge is 0.309 e. The van der Waals surface area contributed by atoms with Gasteiger partial charge in [0.05, 0.1) is 18.9 Å². The lowest BCUT2D eigenvalue weighted by atomic mass is 9.91. The Morgan fingerprint density at radius 2 is 2.11 bits per heavy atom. The molecule has 0 unspecified atom stereocenters. The molecule has 1 heterocycles. The van der Waals surface area contributed by atoms with E-state index in [1.807, 2.05) is 0 Å². The van der Waals surface area contributed by atoms with Crippen LogP contribution in [0.25, 0.3) is 0 Å². The van der Waals surface area contributed by atoms with Gasteiger partial charge in [-0.25, -0.2) is 0 Å². The largest absolute Gasteiger partial charge is 0.469 e. The lowest BCUT2D eigenvalue weighted by Gasteiger charge is -2.08. The number of esters is 2. The Morgan fingerprint density at radius 1 is 1.39 bits per heavy atom. The molecule has 1 rings (SSSR count). The third-order valence-corrected chi connectivity index (χ3v) is 3.29. The number of aldehydes is 1.